The lowest BCUT2D eigenvalue weighted by Crippen LogP contribution is -2.26. The number of aromatic nitrogens is 2. The highest BCUT2D eigenvalue weighted by Gasteiger charge is 2.15. The van der Waals surface area contributed by atoms with Gasteiger partial charge in [0.05, 0.1) is 16.2 Å². The number of nitrogens with one attached hydrogen (secondary N) is 1. The lowest BCUT2D eigenvalue weighted by molar-refractivity contribution is 0.581. The zero-order valence-electron chi connectivity index (χ0n) is 9.71. The number of anilines is 1. The fourth-order valence-electron chi connectivity index (χ4n) is 1.34. The van der Waals surface area contributed by atoms with Gasteiger partial charge in [-0.2, -0.15) is 0 Å². The van der Waals surface area contributed by atoms with Gasteiger partial charge in [-0.15, -0.1) is 11.3 Å². The molecule has 2 rings (SSSR count). The summed E-state index contributed by atoms with van der Waals surface area (Å²) < 4.78 is 26.4. The van der Waals surface area contributed by atoms with E-state index in [-0.39, 0.29) is 22.3 Å². The number of rotatable bonds is 5. The Morgan fingerprint density at radius 2 is 2.21 bits per heavy atom. The van der Waals surface area contributed by atoms with Gasteiger partial charge < -0.3 is 5.73 Å². The van der Waals surface area contributed by atoms with E-state index in [0.717, 1.165) is 5.69 Å². The summed E-state index contributed by atoms with van der Waals surface area (Å²) in [4.78, 5) is 7.78. The van der Waals surface area contributed by atoms with Crippen molar-refractivity contribution in [2.24, 2.45) is 0 Å². The van der Waals surface area contributed by atoms with Crippen LogP contribution in [0.4, 0.5) is 5.82 Å². The first-order valence-corrected chi connectivity index (χ1v) is 8.07. The molecule has 0 radical (unpaired) electrons. The van der Waals surface area contributed by atoms with E-state index in [1.807, 2.05) is 5.38 Å². The standard InChI is InChI=1S/C10H11ClN4O2S2/c11-9-3-8(4-13-10(9)12)19(16,17)15-2-1-7-5-18-6-14-7/h3-6,15H,1-2H2,(H2,12,13). The first-order valence-electron chi connectivity index (χ1n) is 5.27. The smallest absolute Gasteiger partial charge is 0.242 e. The monoisotopic (exact) mass is 318 g/mol. The number of thiazole rings is 1. The van der Waals surface area contributed by atoms with Crippen LogP contribution in [-0.2, 0) is 16.4 Å². The van der Waals surface area contributed by atoms with Gasteiger partial charge in [0.2, 0.25) is 10.0 Å². The predicted molar refractivity (Wildman–Crippen MR) is 74.7 cm³/mol. The summed E-state index contributed by atoms with van der Waals surface area (Å²) in [5, 5.41) is 1.98. The molecule has 19 heavy (non-hydrogen) atoms. The van der Waals surface area contributed by atoms with Gasteiger partial charge in [-0.1, -0.05) is 11.6 Å². The Morgan fingerprint density at radius 1 is 1.42 bits per heavy atom. The average Bonchev–Trinajstić information content (AvgIpc) is 2.85. The van der Waals surface area contributed by atoms with Gasteiger partial charge in [-0.3, -0.25) is 0 Å². The molecule has 6 nitrogen and oxygen atoms in total. The Morgan fingerprint density at radius 3 is 2.84 bits per heavy atom. The van der Waals surface area contributed by atoms with Crippen molar-refractivity contribution in [1.82, 2.24) is 14.7 Å². The van der Waals surface area contributed by atoms with Gasteiger partial charge in [-0.25, -0.2) is 23.1 Å². The van der Waals surface area contributed by atoms with Crippen LogP contribution in [0.3, 0.4) is 0 Å². The molecule has 0 aromatic carbocycles. The van der Waals surface area contributed by atoms with Crippen LogP contribution in [-0.4, -0.2) is 24.9 Å². The third kappa shape index (κ3) is 3.63. The van der Waals surface area contributed by atoms with E-state index < -0.39 is 10.0 Å². The Balaban J connectivity index is 2.03. The van der Waals surface area contributed by atoms with Crippen molar-refractivity contribution in [3.05, 3.63) is 33.9 Å². The van der Waals surface area contributed by atoms with Gasteiger partial charge in [0, 0.05) is 24.5 Å². The third-order valence-corrected chi connectivity index (χ3v) is 4.68. The summed E-state index contributed by atoms with van der Waals surface area (Å²) >= 11 is 7.21. The SMILES string of the molecule is Nc1ncc(S(=O)(=O)NCCc2cscn2)cc1Cl. The minimum Gasteiger partial charge on any atom is -0.382 e. The topological polar surface area (TPSA) is 98.0 Å². The van der Waals surface area contributed by atoms with Crippen molar-refractivity contribution < 1.29 is 8.42 Å². The van der Waals surface area contributed by atoms with Crippen LogP contribution in [0.1, 0.15) is 5.69 Å². The normalized spacial score (nSPS) is 11.6. The Kier molecular flexibility index (Phi) is 4.35. The van der Waals surface area contributed by atoms with Crippen LogP contribution in [0.5, 0.6) is 0 Å². The zero-order valence-corrected chi connectivity index (χ0v) is 12.1. The maximum atomic E-state index is 12.0. The molecule has 0 spiro atoms. The molecule has 0 atom stereocenters. The van der Waals surface area contributed by atoms with Gasteiger partial charge >= 0.3 is 0 Å². The van der Waals surface area contributed by atoms with Crippen LogP contribution in [0.2, 0.25) is 5.02 Å². The quantitative estimate of drug-likeness (QED) is 0.865. The lowest BCUT2D eigenvalue weighted by Gasteiger charge is -2.06. The molecule has 2 aromatic heterocycles. The summed E-state index contributed by atoms with van der Waals surface area (Å²) in [6, 6.07) is 1.27. The van der Waals surface area contributed by atoms with Crippen LogP contribution in [0, 0.1) is 0 Å². The van der Waals surface area contributed by atoms with E-state index in [1.165, 1.54) is 23.6 Å². The molecule has 2 heterocycles. The maximum absolute atomic E-state index is 12.0. The zero-order chi connectivity index (χ0) is 13.9. The number of nitrogens with two attached hydrogens (primary N) is 1. The van der Waals surface area contributed by atoms with Crippen LogP contribution in [0.15, 0.2) is 28.0 Å². The van der Waals surface area contributed by atoms with Crippen molar-refractivity contribution >= 4 is 38.8 Å². The molecule has 0 aliphatic heterocycles. The van der Waals surface area contributed by atoms with Crippen molar-refractivity contribution in [2.45, 2.75) is 11.3 Å². The molecule has 0 amide bonds. The van der Waals surface area contributed by atoms with Gasteiger partial charge in [0.1, 0.15) is 10.7 Å². The van der Waals surface area contributed by atoms with E-state index in [1.54, 1.807) is 5.51 Å². The number of sulfonamides is 1. The molecule has 0 saturated heterocycles. The Hall–Kier alpha value is -1.22. The summed E-state index contributed by atoms with van der Waals surface area (Å²) in [7, 11) is -3.63. The van der Waals surface area contributed by atoms with E-state index in [2.05, 4.69) is 14.7 Å². The highest BCUT2D eigenvalue weighted by molar-refractivity contribution is 7.89. The largest absolute Gasteiger partial charge is 0.382 e. The molecule has 0 aliphatic rings. The molecule has 0 unspecified atom stereocenters. The molecule has 0 fully saturated rings. The Labute approximate surface area is 119 Å². The van der Waals surface area contributed by atoms with Gasteiger partial charge in [-0.05, 0) is 6.07 Å². The van der Waals surface area contributed by atoms with Gasteiger partial charge in [0.25, 0.3) is 0 Å². The number of nitrogen functional groups attached to an aromatic ring is 1. The minimum absolute atomic E-state index is 0.00928. The second-order valence-corrected chi connectivity index (χ2v) is 6.56. The summed E-state index contributed by atoms with van der Waals surface area (Å²) in [6.07, 6.45) is 1.70. The highest BCUT2D eigenvalue weighted by Crippen LogP contribution is 2.19. The number of hydrogen-bond donors (Lipinski definition) is 2. The molecule has 9 heteroatoms. The molecule has 0 aliphatic carbocycles. The van der Waals surface area contributed by atoms with Crippen molar-refractivity contribution in [1.29, 1.82) is 0 Å². The number of hydrogen-bond acceptors (Lipinski definition) is 6. The molecule has 0 saturated carbocycles. The van der Waals surface area contributed by atoms with Gasteiger partial charge in [0.15, 0.2) is 0 Å². The molecule has 2 aromatic rings. The highest BCUT2D eigenvalue weighted by atomic mass is 35.5. The summed E-state index contributed by atoms with van der Waals surface area (Å²) in [5.41, 5.74) is 7.98. The second kappa shape index (κ2) is 5.83. The molecular formula is C10H11ClN4O2S2. The first-order chi connectivity index (χ1) is 8.99. The molecule has 0 bridgehead atoms. The van der Waals surface area contributed by atoms with Crippen molar-refractivity contribution in [2.75, 3.05) is 12.3 Å². The minimum atomic E-state index is -3.63. The van der Waals surface area contributed by atoms with Crippen LogP contribution >= 0.6 is 22.9 Å². The predicted octanol–water partition coefficient (Wildman–Crippen LogP) is 1.29. The maximum Gasteiger partial charge on any atom is 0.242 e. The Bertz CT molecular complexity index is 658. The van der Waals surface area contributed by atoms with Crippen LogP contribution < -0.4 is 10.5 Å². The van der Waals surface area contributed by atoms with Crippen molar-refractivity contribution in [3.8, 4) is 0 Å². The fourth-order valence-corrected chi connectivity index (χ4v) is 3.16. The van der Waals surface area contributed by atoms with E-state index in [9.17, 15) is 8.42 Å². The summed E-state index contributed by atoms with van der Waals surface area (Å²) in [6.45, 7) is 0.258. The average molecular weight is 319 g/mol. The molecule has 102 valence electrons. The van der Waals surface area contributed by atoms with E-state index >= 15 is 0 Å². The van der Waals surface area contributed by atoms with Crippen molar-refractivity contribution in [3.63, 3.8) is 0 Å². The number of nitrogens with zero attached hydrogens (tertiary/aromatic N) is 2. The fraction of sp³-hybridized carbons (Fsp3) is 0.200. The molecule has 3 N–H and O–H groups in total. The number of halogens is 1. The van der Waals surface area contributed by atoms with E-state index in [4.69, 9.17) is 17.3 Å². The third-order valence-electron chi connectivity index (χ3n) is 2.31. The molecular weight excluding hydrogens is 308 g/mol. The van der Waals surface area contributed by atoms with E-state index in [0.29, 0.717) is 6.42 Å². The van der Waals surface area contributed by atoms with Crippen LogP contribution in [0.25, 0.3) is 0 Å². The lowest BCUT2D eigenvalue weighted by atomic mass is 10.3. The number of pyridine rings is 1. The first kappa shape index (κ1) is 14.2. The summed E-state index contributed by atoms with van der Waals surface area (Å²) in [5.74, 6) is 0.100. The second-order valence-electron chi connectivity index (χ2n) is 3.67.